The number of piperidine rings is 1. The molecule has 0 saturated carbocycles. The van der Waals surface area contributed by atoms with Crippen molar-refractivity contribution in [1.29, 1.82) is 0 Å². The molecular formula is C15H20BrNO2. The third kappa shape index (κ3) is 4.32. The van der Waals surface area contributed by atoms with Crippen molar-refractivity contribution in [3.63, 3.8) is 0 Å². The van der Waals surface area contributed by atoms with Crippen LogP contribution < -0.4 is 0 Å². The van der Waals surface area contributed by atoms with Crippen molar-refractivity contribution in [2.75, 3.05) is 19.6 Å². The molecule has 0 radical (unpaired) electrons. The minimum atomic E-state index is -0.723. The van der Waals surface area contributed by atoms with E-state index >= 15 is 0 Å². The van der Waals surface area contributed by atoms with Crippen LogP contribution in [-0.2, 0) is 4.79 Å². The monoisotopic (exact) mass is 325 g/mol. The van der Waals surface area contributed by atoms with E-state index in [1.807, 2.05) is 24.3 Å². The summed E-state index contributed by atoms with van der Waals surface area (Å²) in [6, 6.07) is 7.62. The number of nitrogens with zero attached hydrogens (tertiary/aromatic N) is 1. The predicted molar refractivity (Wildman–Crippen MR) is 79.4 cm³/mol. The Balaban J connectivity index is 1.96. The first kappa shape index (κ1) is 14.5. The van der Waals surface area contributed by atoms with Gasteiger partial charge in [-0.3, -0.25) is 4.79 Å². The summed E-state index contributed by atoms with van der Waals surface area (Å²) in [7, 11) is 0. The highest BCUT2D eigenvalue weighted by Crippen LogP contribution is 2.23. The topological polar surface area (TPSA) is 40.5 Å². The fraction of sp³-hybridized carbons (Fsp3) is 0.533. The predicted octanol–water partition coefficient (Wildman–Crippen LogP) is 3.49. The number of carboxylic acids is 1. The van der Waals surface area contributed by atoms with Crippen LogP contribution in [0.5, 0.6) is 0 Å². The Morgan fingerprint density at radius 2 is 1.84 bits per heavy atom. The van der Waals surface area contributed by atoms with Crippen molar-refractivity contribution in [2.45, 2.75) is 31.6 Å². The second-order valence-electron chi connectivity index (χ2n) is 5.13. The van der Waals surface area contributed by atoms with E-state index in [4.69, 9.17) is 0 Å². The van der Waals surface area contributed by atoms with Crippen LogP contribution in [0.15, 0.2) is 28.7 Å². The summed E-state index contributed by atoms with van der Waals surface area (Å²) in [6.07, 6.45) is 4.49. The lowest BCUT2D eigenvalue weighted by molar-refractivity contribution is -0.139. The number of aliphatic carboxylic acids is 1. The summed E-state index contributed by atoms with van der Waals surface area (Å²) in [6.45, 7) is 3.12. The van der Waals surface area contributed by atoms with Gasteiger partial charge in [-0.25, -0.2) is 0 Å². The Hall–Kier alpha value is -0.870. The fourth-order valence-electron chi connectivity index (χ4n) is 2.62. The SMILES string of the molecule is O=C(O)C(CCN1CCCCC1)c1ccc(Br)cc1. The molecule has 1 atom stereocenters. The molecule has 0 spiro atoms. The molecule has 19 heavy (non-hydrogen) atoms. The fourth-order valence-corrected chi connectivity index (χ4v) is 2.89. The van der Waals surface area contributed by atoms with Gasteiger partial charge in [-0.1, -0.05) is 34.5 Å². The molecule has 1 unspecified atom stereocenters. The third-order valence-corrected chi connectivity index (χ3v) is 4.28. The van der Waals surface area contributed by atoms with Crippen LogP contribution >= 0.6 is 15.9 Å². The molecule has 1 aliphatic heterocycles. The molecule has 1 fully saturated rings. The molecule has 1 N–H and O–H groups in total. The van der Waals surface area contributed by atoms with Crippen molar-refractivity contribution in [3.05, 3.63) is 34.3 Å². The summed E-state index contributed by atoms with van der Waals surface area (Å²) >= 11 is 3.38. The van der Waals surface area contributed by atoms with Gasteiger partial charge in [0, 0.05) is 4.47 Å². The number of carboxylic acid groups (broad SMARTS) is 1. The quantitative estimate of drug-likeness (QED) is 0.900. The second kappa shape index (κ2) is 7.06. The number of halogens is 1. The Bertz CT molecular complexity index is 413. The minimum absolute atomic E-state index is 0.393. The lowest BCUT2D eigenvalue weighted by atomic mass is 9.95. The molecule has 0 amide bonds. The van der Waals surface area contributed by atoms with Crippen molar-refractivity contribution in [3.8, 4) is 0 Å². The number of rotatable bonds is 5. The molecule has 104 valence electrons. The molecule has 1 aliphatic rings. The van der Waals surface area contributed by atoms with Crippen LogP contribution in [0.1, 0.15) is 37.2 Å². The average Bonchev–Trinajstić information content (AvgIpc) is 2.42. The molecule has 0 aliphatic carbocycles. The molecular weight excluding hydrogens is 306 g/mol. The number of hydrogen-bond donors (Lipinski definition) is 1. The summed E-state index contributed by atoms with van der Waals surface area (Å²) in [5, 5.41) is 9.40. The van der Waals surface area contributed by atoms with Gasteiger partial charge in [0.15, 0.2) is 0 Å². The van der Waals surface area contributed by atoms with Gasteiger partial charge < -0.3 is 10.0 Å². The number of benzene rings is 1. The molecule has 1 aromatic rings. The smallest absolute Gasteiger partial charge is 0.311 e. The van der Waals surface area contributed by atoms with Crippen LogP contribution in [0, 0.1) is 0 Å². The zero-order valence-electron chi connectivity index (χ0n) is 11.0. The molecule has 3 nitrogen and oxygen atoms in total. The third-order valence-electron chi connectivity index (χ3n) is 3.75. The van der Waals surface area contributed by atoms with Gasteiger partial charge >= 0.3 is 5.97 Å². The zero-order chi connectivity index (χ0) is 13.7. The van der Waals surface area contributed by atoms with E-state index in [1.54, 1.807) is 0 Å². The summed E-state index contributed by atoms with van der Waals surface area (Å²) < 4.78 is 0.983. The average molecular weight is 326 g/mol. The first-order valence-corrected chi connectivity index (χ1v) is 7.67. The second-order valence-corrected chi connectivity index (χ2v) is 6.05. The van der Waals surface area contributed by atoms with Crippen molar-refractivity contribution in [2.24, 2.45) is 0 Å². The summed E-state index contributed by atoms with van der Waals surface area (Å²) in [5.41, 5.74) is 0.896. The lowest BCUT2D eigenvalue weighted by Crippen LogP contribution is -2.32. The van der Waals surface area contributed by atoms with Crippen LogP contribution in [0.4, 0.5) is 0 Å². The Labute approximate surface area is 122 Å². The highest BCUT2D eigenvalue weighted by Gasteiger charge is 2.21. The maximum atomic E-state index is 11.4. The first-order chi connectivity index (χ1) is 9.16. The van der Waals surface area contributed by atoms with Crippen LogP contribution in [0.25, 0.3) is 0 Å². The van der Waals surface area contributed by atoms with E-state index in [0.717, 1.165) is 29.7 Å². The normalized spacial score (nSPS) is 18.2. The lowest BCUT2D eigenvalue weighted by Gasteiger charge is -2.27. The first-order valence-electron chi connectivity index (χ1n) is 6.87. The van der Waals surface area contributed by atoms with E-state index in [0.29, 0.717) is 6.42 Å². The number of likely N-dealkylation sites (tertiary alicyclic amines) is 1. The molecule has 2 rings (SSSR count). The van der Waals surface area contributed by atoms with Gasteiger partial charge in [-0.2, -0.15) is 0 Å². The molecule has 0 bridgehead atoms. The highest BCUT2D eigenvalue weighted by atomic mass is 79.9. The molecule has 0 aromatic heterocycles. The maximum Gasteiger partial charge on any atom is 0.311 e. The van der Waals surface area contributed by atoms with Crippen molar-refractivity contribution in [1.82, 2.24) is 4.90 Å². The van der Waals surface area contributed by atoms with Crippen LogP contribution in [0.2, 0.25) is 0 Å². The molecule has 1 heterocycles. The molecule has 1 aromatic carbocycles. The van der Waals surface area contributed by atoms with Gasteiger partial charge in [-0.05, 0) is 56.6 Å². The molecule has 4 heteroatoms. The zero-order valence-corrected chi connectivity index (χ0v) is 12.6. The Kier molecular flexibility index (Phi) is 5.40. The van der Waals surface area contributed by atoms with Gasteiger partial charge in [0.05, 0.1) is 5.92 Å². The van der Waals surface area contributed by atoms with E-state index in [-0.39, 0.29) is 0 Å². The van der Waals surface area contributed by atoms with E-state index in [2.05, 4.69) is 20.8 Å². The maximum absolute atomic E-state index is 11.4. The summed E-state index contributed by atoms with van der Waals surface area (Å²) in [4.78, 5) is 13.8. The number of carbonyl (C=O) groups is 1. The standard InChI is InChI=1S/C15H20BrNO2/c16-13-6-4-12(5-7-13)14(15(18)19)8-11-17-9-2-1-3-10-17/h4-7,14H,1-3,8-11H2,(H,18,19). The number of hydrogen-bond acceptors (Lipinski definition) is 2. The van der Waals surface area contributed by atoms with Crippen LogP contribution in [-0.4, -0.2) is 35.6 Å². The largest absolute Gasteiger partial charge is 0.481 e. The van der Waals surface area contributed by atoms with Gasteiger partial charge in [0.1, 0.15) is 0 Å². The highest BCUT2D eigenvalue weighted by molar-refractivity contribution is 9.10. The van der Waals surface area contributed by atoms with Crippen LogP contribution in [0.3, 0.4) is 0 Å². The van der Waals surface area contributed by atoms with Gasteiger partial charge in [0.25, 0.3) is 0 Å². The minimum Gasteiger partial charge on any atom is -0.481 e. The van der Waals surface area contributed by atoms with E-state index in [1.165, 1.54) is 19.3 Å². The van der Waals surface area contributed by atoms with E-state index < -0.39 is 11.9 Å². The van der Waals surface area contributed by atoms with E-state index in [9.17, 15) is 9.90 Å². The summed E-state index contributed by atoms with van der Waals surface area (Å²) in [5.74, 6) is -1.12. The van der Waals surface area contributed by atoms with Crippen molar-refractivity contribution >= 4 is 21.9 Å². The Morgan fingerprint density at radius 1 is 1.21 bits per heavy atom. The van der Waals surface area contributed by atoms with Gasteiger partial charge in [-0.15, -0.1) is 0 Å². The van der Waals surface area contributed by atoms with Crippen molar-refractivity contribution < 1.29 is 9.90 Å². The molecule has 1 saturated heterocycles. The van der Waals surface area contributed by atoms with Gasteiger partial charge in [0.2, 0.25) is 0 Å². The Morgan fingerprint density at radius 3 is 2.42 bits per heavy atom.